The van der Waals surface area contributed by atoms with Crippen LogP contribution in [-0.4, -0.2) is 67.8 Å². The van der Waals surface area contributed by atoms with Crippen molar-refractivity contribution in [2.45, 2.75) is 116 Å². The van der Waals surface area contributed by atoms with Gasteiger partial charge in [0.15, 0.2) is 0 Å². The van der Waals surface area contributed by atoms with Crippen LogP contribution in [0.2, 0.25) is 0 Å². The molecule has 0 radical (unpaired) electrons. The van der Waals surface area contributed by atoms with Gasteiger partial charge in [-0.3, -0.25) is 9.59 Å². The maximum atomic E-state index is 15.0. The van der Waals surface area contributed by atoms with Gasteiger partial charge in [0.2, 0.25) is 11.8 Å². The fourth-order valence-electron chi connectivity index (χ4n) is 5.41. The van der Waals surface area contributed by atoms with E-state index in [1.807, 2.05) is 37.3 Å². The maximum Gasteiger partial charge on any atom is 0.408 e. The number of carbonyl (C=O) groups excluding carboxylic acids is 4. The molecule has 11 heteroatoms. The number of phenolic OH excluding ortho intramolecular Hbond substituents is 2. The van der Waals surface area contributed by atoms with Crippen molar-refractivity contribution in [2.24, 2.45) is 0 Å². The molecule has 0 heterocycles. The van der Waals surface area contributed by atoms with Crippen LogP contribution in [0.5, 0.6) is 11.5 Å². The van der Waals surface area contributed by atoms with Crippen molar-refractivity contribution in [1.82, 2.24) is 15.5 Å². The number of alkyl carbamates (subject to hydrolysis) is 1. The molecule has 0 aliphatic rings. The van der Waals surface area contributed by atoms with E-state index in [-0.39, 0.29) is 29.9 Å². The van der Waals surface area contributed by atoms with Crippen LogP contribution in [0.15, 0.2) is 78.9 Å². The highest BCUT2D eigenvalue weighted by Crippen LogP contribution is 2.36. The molecule has 0 saturated heterocycles. The number of nitrogens with one attached hydrogen (secondary N) is 2. The summed E-state index contributed by atoms with van der Waals surface area (Å²) in [6, 6.07) is 17.7. The number of hydrogen-bond acceptors (Lipinski definition) is 8. The summed E-state index contributed by atoms with van der Waals surface area (Å²) in [5.74, 6) is -2.25. The van der Waals surface area contributed by atoms with E-state index in [1.165, 1.54) is 23.1 Å². The molecule has 0 fully saturated rings. The quantitative estimate of drug-likeness (QED) is 0.150. The van der Waals surface area contributed by atoms with Crippen molar-refractivity contribution in [3.8, 4) is 11.5 Å². The Hall–Kier alpha value is -5.06. The highest BCUT2D eigenvalue weighted by atomic mass is 16.6. The number of esters is 1. The topological polar surface area (TPSA) is 154 Å². The summed E-state index contributed by atoms with van der Waals surface area (Å²) in [4.78, 5) is 57.9. The molecule has 51 heavy (non-hydrogen) atoms. The number of para-hydroxylation sites is 1. The first kappa shape index (κ1) is 40.4. The lowest BCUT2D eigenvalue weighted by Crippen LogP contribution is -2.60. The number of hydrogen-bond donors (Lipinski definition) is 4. The third kappa shape index (κ3) is 12.0. The van der Waals surface area contributed by atoms with Crippen molar-refractivity contribution in [1.29, 1.82) is 0 Å². The first-order valence-electron chi connectivity index (χ1n) is 17.2. The van der Waals surface area contributed by atoms with Crippen molar-refractivity contribution >= 4 is 23.9 Å². The Kier molecular flexibility index (Phi) is 13.3. The van der Waals surface area contributed by atoms with E-state index in [2.05, 4.69) is 10.6 Å². The fourth-order valence-corrected chi connectivity index (χ4v) is 5.41. The zero-order valence-corrected chi connectivity index (χ0v) is 31.2. The van der Waals surface area contributed by atoms with Gasteiger partial charge in [-0.05, 0) is 91.1 Å². The number of ether oxygens (including phenoxy) is 2. The van der Waals surface area contributed by atoms with Crippen LogP contribution >= 0.6 is 0 Å². The molecular weight excluding hydrogens is 650 g/mol. The van der Waals surface area contributed by atoms with E-state index >= 15 is 4.79 Å². The predicted molar refractivity (Wildman–Crippen MR) is 195 cm³/mol. The summed E-state index contributed by atoms with van der Waals surface area (Å²) in [7, 11) is 0. The van der Waals surface area contributed by atoms with Crippen LogP contribution in [-0.2, 0) is 36.7 Å². The van der Waals surface area contributed by atoms with E-state index in [4.69, 9.17) is 9.47 Å². The summed E-state index contributed by atoms with van der Waals surface area (Å²) < 4.78 is 11.2. The maximum absolute atomic E-state index is 15.0. The zero-order chi connectivity index (χ0) is 38.1. The minimum absolute atomic E-state index is 0.0156. The van der Waals surface area contributed by atoms with Crippen LogP contribution in [0, 0.1) is 0 Å². The molecule has 0 aliphatic heterocycles. The van der Waals surface area contributed by atoms with Crippen molar-refractivity contribution in [3.63, 3.8) is 0 Å². The molecular formula is C40H53N3O8. The van der Waals surface area contributed by atoms with Crippen molar-refractivity contribution in [3.05, 3.63) is 95.6 Å². The molecule has 0 spiro atoms. The molecule has 3 amide bonds. The number of phenols is 2. The van der Waals surface area contributed by atoms with Crippen LogP contribution in [0.25, 0.3) is 0 Å². The summed E-state index contributed by atoms with van der Waals surface area (Å²) in [6.07, 6.45) is -0.388. The average molecular weight is 704 g/mol. The molecule has 276 valence electrons. The zero-order valence-electron chi connectivity index (χ0n) is 31.2. The second kappa shape index (κ2) is 16.8. The summed E-state index contributed by atoms with van der Waals surface area (Å²) >= 11 is 0. The fraction of sp³-hybridized carbons (Fsp3) is 0.450. The van der Waals surface area contributed by atoms with Gasteiger partial charge >= 0.3 is 12.1 Å². The Morgan fingerprint density at radius 1 is 0.686 bits per heavy atom. The van der Waals surface area contributed by atoms with Crippen molar-refractivity contribution < 1.29 is 38.9 Å². The lowest BCUT2D eigenvalue weighted by molar-refractivity contribution is -0.159. The van der Waals surface area contributed by atoms with Gasteiger partial charge in [-0.25, -0.2) is 9.59 Å². The number of amides is 3. The molecule has 4 N–H and O–H groups in total. The normalized spacial score (nSPS) is 13.7. The van der Waals surface area contributed by atoms with Gasteiger partial charge in [-0.2, -0.15) is 0 Å². The monoisotopic (exact) mass is 703 g/mol. The third-order valence-corrected chi connectivity index (χ3v) is 8.15. The lowest BCUT2D eigenvalue weighted by Gasteiger charge is -2.45. The van der Waals surface area contributed by atoms with Gasteiger partial charge in [0, 0.05) is 23.9 Å². The smallest absolute Gasteiger partial charge is 0.408 e. The SMILES string of the molecule is CCC(C)(C)N(C(=O)C(Cc1ccc(O)cc1)NC(=O)OC(C)(C)C)C(C(=O)NC(Cc1ccccc1)C(=O)OC(C)(C)C)c1ccccc1O. The molecule has 0 aliphatic carbocycles. The molecule has 0 aromatic heterocycles. The van der Waals surface area contributed by atoms with Crippen LogP contribution in [0.3, 0.4) is 0 Å². The molecule has 11 nitrogen and oxygen atoms in total. The number of benzene rings is 3. The molecule has 3 aromatic carbocycles. The summed E-state index contributed by atoms with van der Waals surface area (Å²) in [5.41, 5.74) is -1.25. The molecule has 0 saturated carbocycles. The number of nitrogens with zero attached hydrogens (tertiary/aromatic N) is 1. The first-order chi connectivity index (χ1) is 23.7. The van der Waals surface area contributed by atoms with E-state index in [1.54, 1.807) is 85.7 Å². The van der Waals surface area contributed by atoms with Gasteiger partial charge in [0.1, 0.15) is 40.8 Å². The van der Waals surface area contributed by atoms with Crippen LogP contribution in [0.4, 0.5) is 4.79 Å². The van der Waals surface area contributed by atoms with Crippen molar-refractivity contribution in [2.75, 3.05) is 0 Å². The predicted octanol–water partition coefficient (Wildman–Crippen LogP) is 6.36. The van der Waals surface area contributed by atoms with Gasteiger partial charge in [0.05, 0.1) is 0 Å². The number of rotatable bonds is 13. The second-order valence-corrected chi connectivity index (χ2v) is 15.2. The highest BCUT2D eigenvalue weighted by Gasteiger charge is 2.45. The summed E-state index contributed by atoms with van der Waals surface area (Å²) in [6.45, 7) is 15.7. The Morgan fingerprint density at radius 3 is 1.76 bits per heavy atom. The second-order valence-electron chi connectivity index (χ2n) is 15.2. The minimum Gasteiger partial charge on any atom is -0.508 e. The van der Waals surface area contributed by atoms with E-state index in [0.717, 1.165) is 5.56 Å². The average Bonchev–Trinajstić information content (AvgIpc) is 3.02. The molecule has 0 bridgehead atoms. The summed E-state index contributed by atoms with van der Waals surface area (Å²) in [5, 5.41) is 26.6. The molecule has 3 rings (SSSR count). The van der Waals surface area contributed by atoms with E-state index < -0.39 is 58.7 Å². The Morgan fingerprint density at radius 2 is 1.22 bits per heavy atom. The van der Waals surface area contributed by atoms with Crippen LogP contribution < -0.4 is 10.6 Å². The number of aromatic hydroxyl groups is 2. The Bertz CT molecular complexity index is 1640. The molecule has 3 atom stereocenters. The van der Waals surface area contributed by atoms with Gasteiger partial charge in [-0.1, -0.05) is 67.6 Å². The van der Waals surface area contributed by atoms with Crippen LogP contribution in [0.1, 0.15) is 91.5 Å². The number of carbonyl (C=O) groups is 4. The highest BCUT2D eigenvalue weighted by molar-refractivity contribution is 5.95. The van der Waals surface area contributed by atoms with Gasteiger partial charge in [-0.15, -0.1) is 0 Å². The lowest BCUT2D eigenvalue weighted by atomic mass is 9.90. The molecule has 3 unspecified atom stereocenters. The molecule has 3 aromatic rings. The van der Waals surface area contributed by atoms with E-state index in [9.17, 15) is 24.6 Å². The Balaban J connectivity index is 2.18. The minimum atomic E-state index is -1.46. The van der Waals surface area contributed by atoms with Gasteiger partial charge in [0.25, 0.3) is 0 Å². The van der Waals surface area contributed by atoms with E-state index in [0.29, 0.717) is 12.0 Å². The third-order valence-electron chi connectivity index (χ3n) is 8.15. The standard InChI is InChI=1S/C40H53N3O8/c1-10-40(8,9)43(35(47)30(42-37(49)51-39(5,6)7)24-27-20-22-28(44)23-21-27)33(29-18-14-15-19-32(29)45)34(46)41-31(36(48)50-38(2,3)4)25-26-16-12-11-13-17-26/h11-23,30-31,33,44-45H,10,24-25H2,1-9H3,(H,41,46)(H,42,49). The largest absolute Gasteiger partial charge is 0.508 e. The first-order valence-corrected chi connectivity index (χ1v) is 17.2. The van der Waals surface area contributed by atoms with Gasteiger partial charge < -0.3 is 35.2 Å². The Labute approximate surface area is 301 Å².